The third kappa shape index (κ3) is 4.24. The molecule has 0 radical (unpaired) electrons. The first-order valence-electron chi connectivity index (χ1n) is 6.10. The zero-order valence-corrected chi connectivity index (χ0v) is 12.6. The van der Waals surface area contributed by atoms with E-state index in [-0.39, 0.29) is 12.6 Å². The van der Waals surface area contributed by atoms with Gasteiger partial charge in [-0.3, -0.25) is 4.79 Å². The number of carbonyl (C=O) groups excluding carboxylic acids is 1. The standard InChI is InChI=1S/C14H13Cl2N3O2/c1-2-6-17-14(20)12-5-7-19(18-12)9-21-13-4-3-10(15)8-11(13)16/h2-5,7-8H,1,6,9H2,(H,17,20). The summed E-state index contributed by atoms with van der Waals surface area (Å²) in [6.07, 6.45) is 3.24. The molecule has 0 fully saturated rings. The van der Waals surface area contributed by atoms with Gasteiger partial charge in [-0.25, -0.2) is 4.68 Å². The normalized spacial score (nSPS) is 10.2. The Bertz CT molecular complexity index is 655. The first kappa shape index (κ1) is 15.4. The fraction of sp³-hybridized carbons (Fsp3) is 0.143. The number of rotatable bonds is 6. The Morgan fingerprint density at radius 1 is 1.43 bits per heavy atom. The van der Waals surface area contributed by atoms with Crippen LogP contribution in [0.25, 0.3) is 0 Å². The van der Waals surface area contributed by atoms with E-state index < -0.39 is 0 Å². The molecule has 2 rings (SSSR count). The van der Waals surface area contributed by atoms with Crippen LogP contribution in [-0.4, -0.2) is 22.2 Å². The lowest BCUT2D eigenvalue weighted by molar-refractivity contribution is 0.0951. The molecule has 0 spiro atoms. The number of aromatic nitrogens is 2. The van der Waals surface area contributed by atoms with Crippen LogP contribution in [-0.2, 0) is 6.73 Å². The average molecular weight is 326 g/mol. The van der Waals surface area contributed by atoms with Crippen molar-refractivity contribution in [1.29, 1.82) is 0 Å². The summed E-state index contributed by atoms with van der Waals surface area (Å²) in [5.74, 6) is 0.229. The predicted octanol–water partition coefficient (Wildman–Crippen LogP) is 3.14. The highest BCUT2D eigenvalue weighted by atomic mass is 35.5. The van der Waals surface area contributed by atoms with E-state index in [1.165, 1.54) is 4.68 Å². The van der Waals surface area contributed by atoms with Gasteiger partial charge >= 0.3 is 0 Å². The second kappa shape index (κ2) is 7.15. The highest BCUT2D eigenvalue weighted by Crippen LogP contribution is 2.27. The minimum atomic E-state index is -0.266. The predicted molar refractivity (Wildman–Crippen MR) is 81.8 cm³/mol. The van der Waals surface area contributed by atoms with Crippen molar-refractivity contribution in [2.75, 3.05) is 6.54 Å². The minimum absolute atomic E-state index is 0.135. The lowest BCUT2D eigenvalue weighted by atomic mass is 10.3. The summed E-state index contributed by atoms with van der Waals surface area (Å²) in [4.78, 5) is 11.7. The zero-order chi connectivity index (χ0) is 15.2. The summed E-state index contributed by atoms with van der Waals surface area (Å²) in [5, 5.41) is 7.69. The van der Waals surface area contributed by atoms with Crippen LogP contribution in [0.15, 0.2) is 43.1 Å². The summed E-state index contributed by atoms with van der Waals surface area (Å²) < 4.78 is 7.01. The number of ether oxygens (including phenoxy) is 1. The second-order valence-corrected chi connectivity index (χ2v) is 4.93. The number of hydrogen-bond acceptors (Lipinski definition) is 3. The summed E-state index contributed by atoms with van der Waals surface area (Å²) in [7, 11) is 0. The fourth-order valence-corrected chi connectivity index (χ4v) is 2.00. The van der Waals surface area contributed by atoms with Crippen LogP contribution < -0.4 is 10.1 Å². The van der Waals surface area contributed by atoms with Crippen molar-refractivity contribution in [2.24, 2.45) is 0 Å². The monoisotopic (exact) mass is 325 g/mol. The SMILES string of the molecule is C=CCNC(=O)c1ccn(COc2ccc(Cl)cc2Cl)n1. The van der Waals surface area contributed by atoms with Crippen molar-refractivity contribution >= 4 is 29.1 Å². The molecule has 1 heterocycles. The molecule has 0 saturated carbocycles. The van der Waals surface area contributed by atoms with Gasteiger partial charge < -0.3 is 10.1 Å². The van der Waals surface area contributed by atoms with Crippen LogP contribution in [0.3, 0.4) is 0 Å². The summed E-state index contributed by atoms with van der Waals surface area (Å²) in [5.41, 5.74) is 0.308. The molecular formula is C14H13Cl2N3O2. The van der Waals surface area contributed by atoms with Gasteiger partial charge in [-0.05, 0) is 24.3 Å². The van der Waals surface area contributed by atoms with Crippen LogP contribution in [0, 0.1) is 0 Å². The van der Waals surface area contributed by atoms with Gasteiger partial charge in [0.2, 0.25) is 0 Å². The first-order chi connectivity index (χ1) is 10.1. The van der Waals surface area contributed by atoms with Crippen molar-refractivity contribution in [3.05, 3.63) is 58.9 Å². The quantitative estimate of drug-likeness (QED) is 0.830. The van der Waals surface area contributed by atoms with Gasteiger partial charge in [0.25, 0.3) is 5.91 Å². The zero-order valence-electron chi connectivity index (χ0n) is 11.1. The number of nitrogens with one attached hydrogen (secondary N) is 1. The number of amides is 1. The van der Waals surface area contributed by atoms with E-state index in [0.717, 1.165) is 0 Å². The number of benzene rings is 1. The Balaban J connectivity index is 1.96. The molecule has 0 aliphatic carbocycles. The number of halogens is 2. The van der Waals surface area contributed by atoms with Crippen LogP contribution in [0.5, 0.6) is 5.75 Å². The Labute approximate surface area is 132 Å². The molecule has 0 saturated heterocycles. The van der Waals surface area contributed by atoms with Gasteiger partial charge in [0, 0.05) is 17.8 Å². The van der Waals surface area contributed by atoms with Crippen molar-refractivity contribution in [2.45, 2.75) is 6.73 Å². The van der Waals surface area contributed by atoms with E-state index in [0.29, 0.717) is 28.0 Å². The third-order valence-electron chi connectivity index (χ3n) is 2.53. The Morgan fingerprint density at radius 2 is 2.24 bits per heavy atom. The van der Waals surface area contributed by atoms with Gasteiger partial charge in [0.1, 0.15) is 11.4 Å². The third-order valence-corrected chi connectivity index (χ3v) is 3.06. The molecule has 0 aliphatic rings. The van der Waals surface area contributed by atoms with E-state index in [4.69, 9.17) is 27.9 Å². The second-order valence-electron chi connectivity index (χ2n) is 4.09. The lowest BCUT2D eigenvalue weighted by Gasteiger charge is -2.08. The largest absolute Gasteiger partial charge is 0.470 e. The van der Waals surface area contributed by atoms with E-state index in [9.17, 15) is 4.79 Å². The van der Waals surface area contributed by atoms with Gasteiger partial charge in [0.05, 0.1) is 5.02 Å². The summed E-state index contributed by atoms with van der Waals surface area (Å²) >= 11 is 11.8. The first-order valence-corrected chi connectivity index (χ1v) is 6.86. The molecule has 1 N–H and O–H groups in total. The van der Waals surface area contributed by atoms with Gasteiger partial charge in [-0.15, -0.1) is 6.58 Å². The molecule has 0 aliphatic heterocycles. The van der Waals surface area contributed by atoms with E-state index in [2.05, 4.69) is 17.0 Å². The van der Waals surface area contributed by atoms with Crippen LogP contribution in [0.1, 0.15) is 10.5 Å². The van der Waals surface area contributed by atoms with E-state index in [1.807, 2.05) is 0 Å². The Morgan fingerprint density at radius 3 is 2.95 bits per heavy atom. The smallest absolute Gasteiger partial charge is 0.272 e. The molecule has 0 bridgehead atoms. The Kier molecular flexibility index (Phi) is 5.25. The molecule has 2 aromatic rings. The molecular weight excluding hydrogens is 313 g/mol. The summed E-state index contributed by atoms with van der Waals surface area (Å²) in [6.45, 7) is 4.05. The molecule has 1 aromatic heterocycles. The van der Waals surface area contributed by atoms with Gasteiger partial charge in [-0.2, -0.15) is 5.10 Å². The maximum Gasteiger partial charge on any atom is 0.272 e. The molecule has 21 heavy (non-hydrogen) atoms. The van der Waals surface area contributed by atoms with Crippen molar-refractivity contribution in [3.8, 4) is 5.75 Å². The molecule has 110 valence electrons. The highest BCUT2D eigenvalue weighted by Gasteiger charge is 2.09. The summed E-state index contributed by atoms with van der Waals surface area (Å²) in [6, 6.07) is 6.55. The lowest BCUT2D eigenvalue weighted by Crippen LogP contribution is -2.24. The van der Waals surface area contributed by atoms with E-state index in [1.54, 1.807) is 36.5 Å². The maximum absolute atomic E-state index is 11.7. The van der Waals surface area contributed by atoms with Crippen LogP contribution in [0.2, 0.25) is 10.0 Å². The number of nitrogens with zero attached hydrogens (tertiary/aromatic N) is 2. The van der Waals surface area contributed by atoms with E-state index >= 15 is 0 Å². The number of hydrogen-bond donors (Lipinski definition) is 1. The molecule has 0 atom stereocenters. The molecule has 1 aromatic carbocycles. The van der Waals surface area contributed by atoms with Crippen LogP contribution in [0.4, 0.5) is 0 Å². The van der Waals surface area contributed by atoms with Crippen molar-refractivity contribution in [1.82, 2.24) is 15.1 Å². The minimum Gasteiger partial charge on any atom is -0.470 e. The Hall–Kier alpha value is -1.98. The fourth-order valence-electron chi connectivity index (χ4n) is 1.54. The highest BCUT2D eigenvalue weighted by molar-refractivity contribution is 6.35. The topological polar surface area (TPSA) is 56.2 Å². The maximum atomic E-state index is 11.7. The molecule has 0 unspecified atom stereocenters. The van der Waals surface area contributed by atoms with Crippen LogP contribution >= 0.6 is 23.2 Å². The average Bonchev–Trinajstić information content (AvgIpc) is 2.93. The molecule has 5 nitrogen and oxygen atoms in total. The van der Waals surface area contributed by atoms with Gasteiger partial charge in [0.15, 0.2) is 6.73 Å². The number of carbonyl (C=O) groups is 1. The van der Waals surface area contributed by atoms with Gasteiger partial charge in [-0.1, -0.05) is 29.3 Å². The van der Waals surface area contributed by atoms with Crippen molar-refractivity contribution < 1.29 is 9.53 Å². The van der Waals surface area contributed by atoms with Crippen molar-refractivity contribution in [3.63, 3.8) is 0 Å². The molecule has 7 heteroatoms. The molecule has 1 amide bonds.